The van der Waals surface area contributed by atoms with Crippen LogP contribution in [0.4, 0.5) is 11.4 Å². The van der Waals surface area contributed by atoms with Gasteiger partial charge in [0.1, 0.15) is 0 Å². The van der Waals surface area contributed by atoms with Crippen molar-refractivity contribution in [2.24, 2.45) is 16.8 Å². The van der Waals surface area contributed by atoms with Crippen LogP contribution in [0.5, 0.6) is 0 Å². The van der Waals surface area contributed by atoms with Crippen molar-refractivity contribution in [1.82, 2.24) is 0 Å². The summed E-state index contributed by atoms with van der Waals surface area (Å²) in [5, 5.41) is 0.380. The Morgan fingerprint density at radius 2 is 1.54 bits per heavy atom. The number of aliphatic imine (C=N–C) groups is 1. The third-order valence-corrected chi connectivity index (χ3v) is 8.63. The first-order valence-electron chi connectivity index (χ1n) is 12.5. The number of amides is 2. The van der Waals surface area contributed by atoms with Crippen LogP contribution < -0.4 is 4.90 Å². The Hall–Kier alpha value is -4.02. The molecule has 0 spiro atoms. The zero-order valence-corrected chi connectivity index (χ0v) is 20.9. The van der Waals surface area contributed by atoms with Crippen LogP contribution in [0.25, 0.3) is 0 Å². The Kier molecular flexibility index (Phi) is 4.79. The Labute approximate surface area is 220 Å². The van der Waals surface area contributed by atoms with Gasteiger partial charge in [0.2, 0.25) is 11.8 Å². The van der Waals surface area contributed by atoms with Gasteiger partial charge in [-0.05, 0) is 52.9 Å². The number of rotatable bonds is 3. The summed E-state index contributed by atoms with van der Waals surface area (Å²) in [4.78, 5) is 35.0. The van der Waals surface area contributed by atoms with Crippen molar-refractivity contribution in [3.05, 3.63) is 130 Å². The Bertz CT molecular complexity index is 1630. The SMILES string of the molecule is Cc1ccccc1N=C[C@@]12c3ccc(cc3)[C@@H](c3ccccc31)[C@H]1C(=O)N(c3ccccc3Cl)C(=O)[C@@H]12. The van der Waals surface area contributed by atoms with Crippen molar-refractivity contribution < 1.29 is 9.59 Å². The molecule has 1 aliphatic heterocycles. The number of aryl methyl sites for hydroxylation is 1. The number of nitrogens with zero attached hydrogens (tertiary/aromatic N) is 2. The fourth-order valence-electron chi connectivity index (χ4n) is 6.67. The number of benzene rings is 4. The number of anilines is 1. The summed E-state index contributed by atoms with van der Waals surface area (Å²) < 4.78 is 0. The minimum atomic E-state index is -0.915. The van der Waals surface area contributed by atoms with Crippen LogP contribution in [0.2, 0.25) is 5.02 Å². The lowest BCUT2D eigenvalue weighted by Crippen LogP contribution is -2.51. The molecule has 6 aliphatic rings. The van der Waals surface area contributed by atoms with E-state index >= 15 is 0 Å². The molecule has 4 nitrogen and oxygen atoms in total. The molecule has 5 heteroatoms. The highest BCUT2D eigenvalue weighted by Crippen LogP contribution is 2.60. The maximum Gasteiger partial charge on any atom is 0.239 e. The molecule has 0 saturated carbocycles. The highest BCUT2D eigenvalue weighted by atomic mass is 35.5. The van der Waals surface area contributed by atoms with Gasteiger partial charge in [-0.2, -0.15) is 0 Å². The molecule has 5 aliphatic carbocycles. The van der Waals surface area contributed by atoms with Crippen LogP contribution in [0.1, 0.15) is 33.7 Å². The number of halogens is 1. The summed E-state index contributed by atoms with van der Waals surface area (Å²) in [5.74, 6) is -1.90. The molecule has 37 heavy (non-hydrogen) atoms. The predicted octanol–water partition coefficient (Wildman–Crippen LogP) is 6.60. The van der Waals surface area contributed by atoms with Crippen molar-refractivity contribution in [1.29, 1.82) is 0 Å². The van der Waals surface area contributed by atoms with E-state index in [9.17, 15) is 9.59 Å². The fraction of sp³-hybridized carbons (Fsp3) is 0.156. The van der Waals surface area contributed by atoms with Gasteiger partial charge in [-0.15, -0.1) is 0 Å². The van der Waals surface area contributed by atoms with Gasteiger partial charge in [-0.25, -0.2) is 4.90 Å². The summed E-state index contributed by atoms with van der Waals surface area (Å²) in [7, 11) is 0. The van der Waals surface area contributed by atoms with Gasteiger partial charge in [-0.1, -0.05) is 90.5 Å². The lowest BCUT2D eigenvalue weighted by atomic mass is 9.52. The molecule has 4 aromatic rings. The molecule has 1 fully saturated rings. The largest absolute Gasteiger partial charge is 0.274 e. The molecular weight excluding hydrogens is 480 g/mol. The van der Waals surface area contributed by atoms with Crippen molar-refractivity contribution in [2.45, 2.75) is 18.3 Å². The predicted molar refractivity (Wildman–Crippen MR) is 146 cm³/mol. The molecule has 4 bridgehead atoms. The highest BCUT2D eigenvalue weighted by molar-refractivity contribution is 6.36. The van der Waals surface area contributed by atoms with Gasteiger partial charge in [0.05, 0.1) is 33.6 Å². The van der Waals surface area contributed by atoms with Gasteiger partial charge in [-0.3, -0.25) is 14.6 Å². The van der Waals surface area contributed by atoms with Crippen LogP contribution >= 0.6 is 11.6 Å². The second kappa shape index (κ2) is 7.99. The molecule has 4 aromatic carbocycles. The summed E-state index contributed by atoms with van der Waals surface area (Å²) in [6.07, 6.45) is 1.92. The van der Waals surface area contributed by atoms with E-state index in [2.05, 4.69) is 36.4 Å². The lowest BCUT2D eigenvalue weighted by Gasteiger charge is -2.48. The minimum Gasteiger partial charge on any atom is -0.274 e. The first-order valence-corrected chi connectivity index (χ1v) is 12.8. The Balaban J connectivity index is 1.54. The minimum absolute atomic E-state index is 0.210. The first-order chi connectivity index (χ1) is 18.0. The van der Waals surface area contributed by atoms with Crippen LogP contribution in [0.15, 0.2) is 102 Å². The smallest absolute Gasteiger partial charge is 0.239 e. The summed E-state index contributed by atoms with van der Waals surface area (Å²) >= 11 is 6.53. The molecule has 0 N–H and O–H groups in total. The zero-order valence-electron chi connectivity index (χ0n) is 20.1. The van der Waals surface area contributed by atoms with E-state index in [0.29, 0.717) is 10.7 Å². The molecular formula is C32H23ClN2O2. The van der Waals surface area contributed by atoms with Crippen LogP contribution in [-0.2, 0) is 15.0 Å². The van der Waals surface area contributed by atoms with Crippen molar-refractivity contribution in [3.8, 4) is 0 Å². The number of para-hydroxylation sites is 2. The Morgan fingerprint density at radius 3 is 2.32 bits per heavy atom. The monoisotopic (exact) mass is 502 g/mol. The van der Waals surface area contributed by atoms with E-state index in [-0.39, 0.29) is 17.7 Å². The molecule has 1 heterocycles. The first kappa shape index (κ1) is 22.2. The molecule has 4 atom stereocenters. The third-order valence-electron chi connectivity index (χ3n) is 8.31. The van der Waals surface area contributed by atoms with Gasteiger partial charge in [0.25, 0.3) is 0 Å². The maximum absolute atomic E-state index is 14.4. The molecule has 180 valence electrons. The second-order valence-electron chi connectivity index (χ2n) is 10.1. The number of imide groups is 1. The van der Waals surface area contributed by atoms with E-state index in [1.54, 1.807) is 24.3 Å². The number of hydrogen-bond donors (Lipinski definition) is 0. The van der Waals surface area contributed by atoms with Crippen molar-refractivity contribution in [3.63, 3.8) is 0 Å². The average molecular weight is 503 g/mol. The van der Waals surface area contributed by atoms with Crippen LogP contribution in [0, 0.1) is 18.8 Å². The van der Waals surface area contributed by atoms with E-state index in [0.717, 1.165) is 33.5 Å². The summed E-state index contributed by atoms with van der Waals surface area (Å²) in [6.45, 7) is 2.02. The number of carbonyl (C=O) groups is 2. The third kappa shape index (κ3) is 2.93. The molecule has 0 unspecified atom stereocenters. The van der Waals surface area contributed by atoms with Crippen molar-refractivity contribution in [2.75, 3.05) is 4.90 Å². The molecule has 10 rings (SSSR count). The molecule has 1 saturated heterocycles. The van der Waals surface area contributed by atoms with Gasteiger partial charge in [0.15, 0.2) is 0 Å². The topological polar surface area (TPSA) is 49.7 Å². The average Bonchev–Trinajstić information content (AvgIpc) is 3.16. The maximum atomic E-state index is 14.4. The normalized spacial score (nSPS) is 25.4. The fourth-order valence-corrected chi connectivity index (χ4v) is 6.89. The quantitative estimate of drug-likeness (QED) is 0.234. The van der Waals surface area contributed by atoms with Gasteiger partial charge in [0, 0.05) is 12.1 Å². The van der Waals surface area contributed by atoms with E-state index in [1.807, 2.05) is 49.5 Å². The number of carbonyl (C=O) groups excluding carboxylic acids is 2. The molecule has 0 radical (unpaired) electrons. The van der Waals surface area contributed by atoms with E-state index in [4.69, 9.17) is 16.6 Å². The van der Waals surface area contributed by atoms with Gasteiger partial charge >= 0.3 is 0 Å². The van der Waals surface area contributed by atoms with Gasteiger partial charge < -0.3 is 0 Å². The van der Waals surface area contributed by atoms with E-state index in [1.165, 1.54) is 4.90 Å². The highest BCUT2D eigenvalue weighted by Gasteiger charge is 2.65. The lowest BCUT2D eigenvalue weighted by molar-refractivity contribution is -0.122. The zero-order chi connectivity index (χ0) is 25.3. The van der Waals surface area contributed by atoms with Crippen LogP contribution in [0.3, 0.4) is 0 Å². The molecule has 2 amide bonds. The Morgan fingerprint density at radius 1 is 0.838 bits per heavy atom. The molecule has 0 aromatic heterocycles. The van der Waals surface area contributed by atoms with Crippen LogP contribution in [-0.4, -0.2) is 18.0 Å². The second-order valence-corrected chi connectivity index (χ2v) is 10.5. The van der Waals surface area contributed by atoms with Crippen molar-refractivity contribution >= 4 is 41.0 Å². The summed E-state index contributed by atoms with van der Waals surface area (Å²) in [5.41, 5.74) is 5.50. The van der Waals surface area contributed by atoms with E-state index < -0.39 is 17.3 Å². The summed E-state index contributed by atoms with van der Waals surface area (Å²) in [6, 6.07) is 31.6. The standard InChI is InChI=1S/C32H23ClN2O2/c1-19-8-2-6-12-25(19)34-18-32-21-16-14-20(15-17-21)27(22-9-3-4-10-23(22)32)28-29(32)31(37)35(30(28)36)26-13-7-5-11-24(26)33/h2-18,27-29H,1H3/t27-,28+,29+,32+/m0/s1. The number of hydrogen-bond acceptors (Lipinski definition) is 3.